The minimum absolute atomic E-state index is 0.264. The number of amides is 1. The number of piperidine rings is 1. The average molecular weight is 220 g/mol. The smallest absolute Gasteiger partial charge is 0.409 e. The van der Waals surface area contributed by atoms with Gasteiger partial charge in [0.15, 0.2) is 5.75 Å². The molecule has 1 aromatic rings. The summed E-state index contributed by atoms with van der Waals surface area (Å²) in [6, 6.07) is 3.76. The Balaban J connectivity index is 1.97. The van der Waals surface area contributed by atoms with Crippen molar-refractivity contribution in [3.63, 3.8) is 0 Å². The van der Waals surface area contributed by atoms with Gasteiger partial charge < -0.3 is 9.64 Å². The normalized spacial score (nSPS) is 20.6. The molecule has 2 rings (SSSR count). The molecular weight excluding hydrogens is 204 g/mol. The number of carbonyl (C=O) groups is 1. The monoisotopic (exact) mass is 220 g/mol. The van der Waals surface area contributed by atoms with Gasteiger partial charge in [0.1, 0.15) is 0 Å². The highest BCUT2D eigenvalue weighted by Crippen LogP contribution is 2.18. The molecule has 4 heteroatoms. The van der Waals surface area contributed by atoms with E-state index in [-0.39, 0.29) is 12.1 Å². The van der Waals surface area contributed by atoms with Gasteiger partial charge in [-0.05, 0) is 38.3 Å². The first-order valence-corrected chi connectivity index (χ1v) is 5.66. The lowest BCUT2D eigenvalue weighted by Crippen LogP contribution is -2.43. The molecule has 0 aromatic carbocycles. The maximum atomic E-state index is 11.9. The van der Waals surface area contributed by atoms with Crippen molar-refractivity contribution in [1.82, 2.24) is 9.88 Å². The van der Waals surface area contributed by atoms with Crippen molar-refractivity contribution in [2.24, 2.45) is 0 Å². The topological polar surface area (TPSA) is 42.4 Å². The Bertz CT molecular complexity index is 353. The first-order valence-electron chi connectivity index (χ1n) is 5.66. The number of ether oxygens (including phenoxy) is 1. The van der Waals surface area contributed by atoms with E-state index in [1.165, 1.54) is 6.42 Å². The quantitative estimate of drug-likeness (QED) is 0.730. The number of carbonyl (C=O) groups excluding carboxylic acids is 1. The van der Waals surface area contributed by atoms with Crippen molar-refractivity contribution < 1.29 is 9.53 Å². The fourth-order valence-corrected chi connectivity index (χ4v) is 1.94. The summed E-state index contributed by atoms with van der Waals surface area (Å²) in [4.78, 5) is 17.5. The Labute approximate surface area is 95.2 Å². The molecule has 1 amide bonds. The third kappa shape index (κ3) is 2.51. The zero-order chi connectivity index (χ0) is 11.4. The fourth-order valence-electron chi connectivity index (χ4n) is 1.94. The van der Waals surface area contributed by atoms with Crippen LogP contribution in [-0.2, 0) is 0 Å². The molecule has 1 aliphatic heterocycles. The largest absolute Gasteiger partial charge is 0.415 e. The number of likely N-dealkylation sites (tertiary alicyclic amines) is 1. The fraction of sp³-hybridized carbons (Fsp3) is 0.500. The maximum absolute atomic E-state index is 11.9. The van der Waals surface area contributed by atoms with Gasteiger partial charge in [-0.25, -0.2) is 4.79 Å². The van der Waals surface area contributed by atoms with Crippen LogP contribution in [0.2, 0.25) is 0 Å². The summed E-state index contributed by atoms with van der Waals surface area (Å²) in [5, 5.41) is 0. The molecule has 1 aromatic heterocycles. The van der Waals surface area contributed by atoms with E-state index in [9.17, 15) is 4.79 Å². The molecule has 86 valence electrons. The third-order valence-electron chi connectivity index (χ3n) is 2.88. The van der Waals surface area contributed by atoms with Crippen LogP contribution in [0.4, 0.5) is 4.79 Å². The standard InChI is InChI=1S/C12H16N2O2/c1-10-5-2-3-8-14(10)12(15)16-11-6-4-7-13-9-11/h4,6-7,9-10H,2-3,5,8H2,1H3. The summed E-state index contributed by atoms with van der Waals surface area (Å²) in [6.07, 6.45) is 6.25. The zero-order valence-corrected chi connectivity index (χ0v) is 9.43. The summed E-state index contributed by atoms with van der Waals surface area (Å²) >= 11 is 0. The molecular formula is C12H16N2O2. The van der Waals surface area contributed by atoms with Gasteiger partial charge in [0.05, 0.1) is 6.20 Å². The molecule has 1 atom stereocenters. The molecule has 0 spiro atoms. The molecule has 0 saturated carbocycles. The highest BCUT2D eigenvalue weighted by atomic mass is 16.6. The van der Waals surface area contributed by atoms with Crippen molar-refractivity contribution in [1.29, 1.82) is 0 Å². The molecule has 1 aliphatic rings. The molecule has 1 fully saturated rings. The molecule has 1 saturated heterocycles. The van der Waals surface area contributed by atoms with E-state index in [1.54, 1.807) is 29.4 Å². The number of rotatable bonds is 1. The Morgan fingerprint density at radius 3 is 3.12 bits per heavy atom. The van der Waals surface area contributed by atoms with Crippen LogP contribution < -0.4 is 4.74 Å². The van der Waals surface area contributed by atoms with Crippen molar-refractivity contribution in [2.45, 2.75) is 32.2 Å². The van der Waals surface area contributed by atoms with Gasteiger partial charge >= 0.3 is 6.09 Å². The Kier molecular flexibility index (Phi) is 3.39. The van der Waals surface area contributed by atoms with Gasteiger partial charge in [-0.1, -0.05) is 0 Å². The first kappa shape index (κ1) is 10.9. The van der Waals surface area contributed by atoms with Crippen LogP contribution in [0, 0.1) is 0 Å². The predicted octanol–water partition coefficient (Wildman–Crippen LogP) is 2.45. The minimum Gasteiger partial charge on any atom is -0.409 e. The molecule has 1 unspecified atom stereocenters. The van der Waals surface area contributed by atoms with Gasteiger partial charge in [-0.2, -0.15) is 0 Å². The van der Waals surface area contributed by atoms with Crippen molar-refractivity contribution in [3.05, 3.63) is 24.5 Å². The van der Waals surface area contributed by atoms with Crippen LogP contribution >= 0.6 is 0 Å². The van der Waals surface area contributed by atoms with Crippen LogP contribution in [0.3, 0.4) is 0 Å². The Hall–Kier alpha value is -1.58. The van der Waals surface area contributed by atoms with Gasteiger partial charge in [-0.3, -0.25) is 4.98 Å². The van der Waals surface area contributed by atoms with Crippen molar-refractivity contribution in [3.8, 4) is 5.75 Å². The third-order valence-corrected chi connectivity index (χ3v) is 2.88. The van der Waals surface area contributed by atoms with Gasteiger partial charge in [-0.15, -0.1) is 0 Å². The Morgan fingerprint density at radius 2 is 2.44 bits per heavy atom. The van der Waals surface area contributed by atoms with Gasteiger partial charge in [0, 0.05) is 18.8 Å². The highest BCUT2D eigenvalue weighted by molar-refractivity contribution is 5.71. The second-order valence-electron chi connectivity index (χ2n) is 4.09. The molecule has 0 N–H and O–H groups in total. The summed E-state index contributed by atoms with van der Waals surface area (Å²) in [5.41, 5.74) is 0. The number of pyridine rings is 1. The van der Waals surface area contributed by atoms with Crippen molar-refractivity contribution >= 4 is 6.09 Å². The van der Waals surface area contributed by atoms with Crippen LogP contribution in [0.1, 0.15) is 26.2 Å². The van der Waals surface area contributed by atoms with Gasteiger partial charge in [0.25, 0.3) is 0 Å². The number of aromatic nitrogens is 1. The van der Waals surface area contributed by atoms with E-state index in [2.05, 4.69) is 11.9 Å². The summed E-state index contributed by atoms with van der Waals surface area (Å²) in [6.45, 7) is 2.85. The van der Waals surface area contributed by atoms with Crippen LogP contribution in [0.5, 0.6) is 5.75 Å². The Morgan fingerprint density at radius 1 is 1.56 bits per heavy atom. The number of hydrogen-bond donors (Lipinski definition) is 0. The van der Waals surface area contributed by atoms with Crippen molar-refractivity contribution in [2.75, 3.05) is 6.54 Å². The minimum atomic E-state index is -0.264. The molecule has 0 aliphatic carbocycles. The lowest BCUT2D eigenvalue weighted by atomic mass is 10.0. The molecule has 0 bridgehead atoms. The molecule has 4 nitrogen and oxygen atoms in total. The molecule has 16 heavy (non-hydrogen) atoms. The van der Waals surface area contributed by atoms with E-state index in [4.69, 9.17) is 4.74 Å². The van der Waals surface area contributed by atoms with E-state index in [0.717, 1.165) is 19.4 Å². The lowest BCUT2D eigenvalue weighted by Gasteiger charge is -2.32. The van der Waals surface area contributed by atoms with E-state index < -0.39 is 0 Å². The van der Waals surface area contributed by atoms with Gasteiger partial charge in [0.2, 0.25) is 0 Å². The highest BCUT2D eigenvalue weighted by Gasteiger charge is 2.24. The molecule has 2 heterocycles. The molecule has 0 radical (unpaired) electrons. The van der Waals surface area contributed by atoms with Crippen LogP contribution in [0.15, 0.2) is 24.5 Å². The average Bonchev–Trinajstić information content (AvgIpc) is 2.31. The SMILES string of the molecule is CC1CCCCN1C(=O)Oc1cccnc1. The lowest BCUT2D eigenvalue weighted by molar-refractivity contribution is 0.118. The van der Waals surface area contributed by atoms with Crippen LogP contribution in [0.25, 0.3) is 0 Å². The van der Waals surface area contributed by atoms with E-state index >= 15 is 0 Å². The van der Waals surface area contributed by atoms with E-state index in [0.29, 0.717) is 5.75 Å². The van der Waals surface area contributed by atoms with Crippen LogP contribution in [-0.4, -0.2) is 28.6 Å². The van der Waals surface area contributed by atoms with E-state index in [1.807, 2.05) is 0 Å². The summed E-state index contributed by atoms with van der Waals surface area (Å²) in [7, 11) is 0. The second kappa shape index (κ2) is 4.96. The summed E-state index contributed by atoms with van der Waals surface area (Å²) < 4.78 is 5.25. The zero-order valence-electron chi connectivity index (χ0n) is 9.43. The predicted molar refractivity (Wildman–Crippen MR) is 60.3 cm³/mol. The summed E-state index contributed by atoms with van der Waals surface area (Å²) in [5.74, 6) is 0.505. The maximum Gasteiger partial charge on any atom is 0.415 e. The number of nitrogens with zero attached hydrogens (tertiary/aromatic N) is 2. The number of hydrogen-bond acceptors (Lipinski definition) is 3. The second-order valence-corrected chi connectivity index (χ2v) is 4.09. The first-order chi connectivity index (χ1) is 7.77.